The Kier molecular flexibility index (Phi) is 7.49. The molecule has 3 aromatic rings. The molecule has 3 aromatic carbocycles. The first kappa shape index (κ1) is 27.4. The van der Waals surface area contributed by atoms with Crippen LogP contribution in [0.15, 0.2) is 72.3 Å². The van der Waals surface area contributed by atoms with E-state index in [1.807, 2.05) is 26.8 Å². The standard InChI is InChI=1S/C31H32N2O6/c1-18(34)32-21-8-7-9-22(17-21)33-27(19-10-13-23(38-5)14-11-19)26(29(36)30(33)37)28(35)24-16-20(31(2,3)4)12-15-25(24)39-6/h7-17,27,35H,1-6H3,(H,32,34)/b28-26+. The average molecular weight is 529 g/mol. The Balaban J connectivity index is 1.97. The van der Waals surface area contributed by atoms with E-state index in [0.717, 1.165) is 5.56 Å². The molecular weight excluding hydrogens is 496 g/mol. The van der Waals surface area contributed by atoms with E-state index in [4.69, 9.17) is 9.47 Å². The van der Waals surface area contributed by atoms with Gasteiger partial charge in [0.1, 0.15) is 17.3 Å². The number of anilines is 2. The summed E-state index contributed by atoms with van der Waals surface area (Å²) >= 11 is 0. The van der Waals surface area contributed by atoms with Gasteiger partial charge in [-0.2, -0.15) is 0 Å². The van der Waals surface area contributed by atoms with Crippen LogP contribution in [0.2, 0.25) is 0 Å². The predicted molar refractivity (Wildman–Crippen MR) is 150 cm³/mol. The fourth-order valence-electron chi connectivity index (χ4n) is 4.64. The number of aliphatic hydroxyl groups excluding tert-OH is 1. The monoisotopic (exact) mass is 528 g/mol. The number of ketones is 1. The van der Waals surface area contributed by atoms with E-state index in [-0.39, 0.29) is 22.7 Å². The minimum Gasteiger partial charge on any atom is -0.507 e. The Bertz CT molecular complexity index is 1470. The van der Waals surface area contributed by atoms with Crippen molar-refractivity contribution < 1.29 is 29.0 Å². The fraction of sp³-hybridized carbons (Fsp3) is 0.258. The lowest BCUT2D eigenvalue weighted by Crippen LogP contribution is -2.29. The van der Waals surface area contributed by atoms with Gasteiger partial charge in [0.15, 0.2) is 0 Å². The SMILES string of the molecule is COc1ccc(C2/C(=C(\O)c3cc(C(C)(C)C)ccc3OC)C(=O)C(=O)N2c2cccc(NC(C)=O)c2)cc1. The summed E-state index contributed by atoms with van der Waals surface area (Å²) in [6.45, 7) is 7.50. The van der Waals surface area contributed by atoms with Gasteiger partial charge in [-0.05, 0) is 59.0 Å². The maximum Gasteiger partial charge on any atom is 0.300 e. The lowest BCUT2D eigenvalue weighted by Gasteiger charge is -2.26. The van der Waals surface area contributed by atoms with Crippen LogP contribution in [0, 0.1) is 0 Å². The number of rotatable bonds is 6. The van der Waals surface area contributed by atoms with Crippen LogP contribution in [0.4, 0.5) is 11.4 Å². The number of nitrogens with one attached hydrogen (secondary N) is 1. The third kappa shape index (κ3) is 5.36. The second kappa shape index (κ2) is 10.6. The molecule has 8 heteroatoms. The van der Waals surface area contributed by atoms with E-state index in [1.165, 1.54) is 18.9 Å². The highest BCUT2D eigenvalue weighted by Crippen LogP contribution is 2.44. The Labute approximate surface area is 227 Å². The quantitative estimate of drug-likeness (QED) is 0.246. The zero-order valence-corrected chi connectivity index (χ0v) is 22.9. The summed E-state index contributed by atoms with van der Waals surface area (Å²) in [7, 11) is 3.03. The number of ether oxygens (including phenoxy) is 2. The molecule has 0 spiro atoms. The van der Waals surface area contributed by atoms with E-state index >= 15 is 0 Å². The zero-order valence-electron chi connectivity index (χ0n) is 22.9. The van der Waals surface area contributed by atoms with Gasteiger partial charge in [0, 0.05) is 18.3 Å². The number of aliphatic hydroxyl groups is 1. The Morgan fingerprint density at radius 1 is 0.949 bits per heavy atom. The van der Waals surface area contributed by atoms with Crippen LogP contribution in [0.1, 0.15) is 50.4 Å². The summed E-state index contributed by atoms with van der Waals surface area (Å²) in [6.07, 6.45) is 0. The van der Waals surface area contributed by atoms with E-state index in [2.05, 4.69) is 5.32 Å². The van der Waals surface area contributed by atoms with Crippen LogP contribution >= 0.6 is 0 Å². The third-order valence-electron chi connectivity index (χ3n) is 6.64. The van der Waals surface area contributed by atoms with Crippen LogP contribution in [-0.2, 0) is 19.8 Å². The first-order valence-electron chi connectivity index (χ1n) is 12.5. The molecule has 1 fully saturated rings. The normalized spacial score (nSPS) is 16.8. The number of amides is 2. The minimum absolute atomic E-state index is 0.0699. The summed E-state index contributed by atoms with van der Waals surface area (Å²) < 4.78 is 10.8. The van der Waals surface area contributed by atoms with Gasteiger partial charge in [0.05, 0.1) is 31.4 Å². The molecule has 4 rings (SSSR count). The summed E-state index contributed by atoms with van der Waals surface area (Å²) in [4.78, 5) is 40.2. The molecule has 1 unspecified atom stereocenters. The molecule has 8 nitrogen and oxygen atoms in total. The van der Waals surface area contributed by atoms with Crippen molar-refractivity contribution in [3.63, 3.8) is 0 Å². The van der Waals surface area contributed by atoms with Gasteiger partial charge in [0.25, 0.3) is 11.7 Å². The van der Waals surface area contributed by atoms with Crippen molar-refractivity contribution in [3.8, 4) is 11.5 Å². The van der Waals surface area contributed by atoms with E-state index in [1.54, 1.807) is 67.8 Å². The van der Waals surface area contributed by atoms with Gasteiger partial charge in [0.2, 0.25) is 5.91 Å². The van der Waals surface area contributed by atoms with Crippen molar-refractivity contribution >= 4 is 34.7 Å². The minimum atomic E-state index is -0.952. The predicted octanol–water partition coefficient (Wildman–Crippen LogP) is 5.59. The second-order valence-corrected chi connectivity index (χ2v) is 10.3. The highest BCUT2D eigenvalue weighted by atomic mass is 16.5. The van der Waals surface area contributed by atoms with E-state index in [0.29, 0.717) is 34.0 Å². The van der Waals surface area contributed by atoms with Crippen molar-refractivity contribution in [1.82, 2.24) is 0 Å². The maximum atomic E-state index is 13.6. The Morgan fingerprint density at radius 3 is 2.23 bits per heavy atom. The molecule has 202 valence electrons. The van der Waals surface area contributed by atoms with Gasteiger partial charge >= 0.3 is 0 Å². The third-order valence-corrected chi connectivity index (χ3v) is 6.64. The molecule has 1 aliphatic rings. The largest absolute Gasteiger partial charge is 0.507 e. The molecular formula is C31H32N2O6. The highest BCUT2D eigenvalue weighted by Gasteiger charge is 2.47. The zero-order chi connectivity index (χ0) is 28.5. The second-order valence-electron chi connectivity index (χ2n) is 10.3. The van der Waals surface area contributed by atoms with E-state index in [9.17, 15) is 19.5 Å². The Hall–Kier alpha value is -4.59. The molecule has 2 amide bonds. The molecule has 0 aliphatic carbocycles. The lowest BCUT2D eigenvalue weighted by atomic mass is 9.85. The first-order chi connectivity index (χ1) is 18.5. The Morgan fingerprint density at radius 2 is 1.64 bits per heavy atom. The number of carbonyl (C=O) groups is 3. The van der Waals surface area contributed by atoms with Crippen molar-refractivity contribution in [2.75, 3.05) is 24.4 Å². The summed E-state index contributed by atoms with van der Waals surface area (Å²) in [6, 6.07) is 18.1. The van der Waals surface area contributed by atoms with Crippen LogP contribution in [0.5, 0.6) is 11.5 Å². The average Bonchev–Trinajstić information content (AvgIpc) is 3.17. The van der Waals surface area contributed by atoms with Gasteiger partial charge in [-0.25, -0.2) is 0 Å². The van der Waals surface area contributed by atoms with Crippen molar-refractivity contribution in [3.05, 3.63) is 89.0 Å². The molecule has 0 radical (unpaired) electrons. The first-order valence-corrected chi connectivity index (χ1v) is 12.5. The van der Waals surface area contributed by atoms with Crippen molar-refractivity contribution in [2.45, 2.75) is 39.2 Å². The fourth-order valence-corrected chi connectivity index (χ4v) is 4.64. The number of methoxy groups -OCH3 is 2. The van der Waals surface area contributed by atoms with Crippen LogP contribution < -0.4 is 19.7 Å². The molecule has 1 atom stereocenters. The topological polar surface area (TPSA) is 105 Å². The number of hydrogen-bond acceptors (Lipinski definition) is 6. The molecule has 0 aromatic heterocycles. The summed E-state index contributed by atoms with van der Waals surface area (Å²) in [5.41, 5.74) is 2.37. The molecule has 0 saturated carbocycles. The molecule has 1 saturated heterocycles. The molecule has 39 heavy (non-hydrogen) atoms. The van der Waals surface area contributed by atoms with Crippen molar-refractivity contribution in [1.29, 1.82) is 0 Å². The highest BCUT2D eigenvalue weighted by molar-refractivity contribution is 6.51. The van der Waals surface area contributed by atoms with Gasteiger partial charge in [-0.1, -0.05) is 45.0 Å². The molecule has 2 N–H and O–H groups in total. The number of carbonyl (C=O) groups excluding carboxylic acids is 3. The van der Waals surface area contributed by atoms with Crippen LogP contribution in [-0.4, -0.2) is 36.9 Å². The van der Waals surface area contributed by atoms with Crippen LogP contribution in [0.3, 0.4) is 0 Å². The number of Topliss-reactive ketones (excluding diaryl/α,β-unsaturated/α-hetero) is 1. The number of benzene rings is 3. The van der Waals surface area contributed by atoms with E-state index < -0.39 is 17.7 Å². The molecule has 1 heterocycles. The number of nitrogens with zero attached hydrogens (tertiary/aromatic N) is 1. The van der Waals surface area contributed by atoms with Crippen molar-refractivity contribution in [2.24, 2.45) is 0 Å². The van der Waals surface area contributed by atoms with Gasteiger partial charge in [-0.15, -0.1) is 0 Å². The van der Waals surface area contributed by atoms with Crippen LogP contribution in [0.25, 0.3) is 5.76 Å². The van der Waals surface area contributed by atoms with Gasteiger partial charge < -0.3 is 19.9 Å². The summed E-state index contributed by atoms with van der Waals surface area (Å²) in [5.74, 6) is -1.27. The maximum absolute atomic E-state index is 13.6. The molecule has 1 aliphatic heterocycles. The van der Waals surface area contributed by atoms with Gasteiger partial charge in [-0.3, -0.25) is 19.3 Å². The summed E-state index contributed by atoms with van der Waals surface area (Å²) in [5, 5.41) is 14.4. The smallest absolute Gasteiger partial charge is 0.300 e. The molecule has 0 bridgehead atoms. The lowest BCUT2D eigenvalue weighted by molar-refractivity contribution is -0.132. The number of hydrogen-bond donors (Lipinski definition) is 2.